The first-order chi connectivity index (χ1) is 22.2. The van der Waals surface area contributed by atoms with Gasteiger partial charge in [0.05, 0.1) is 22.8 Å². The van der Waals surface area contributed by atoms with Crippen molar-refractivity contribution in [3.05, 3.63) is 126 Å². The minimum atomic E-state index is -0.479. The second-order valence-electron chi connectivity index (χ2n) is 10.6. The third-order valence-corrected chi connectivity index (χ3v) is 8.30. The highest BCUT2D eigenvalue weighted by molar-refractivity contribution is 7.98. The Morgan fingerprint density at radius 1 is 0.739 bits per heavy atom. The number of carbonyl (C=O) groups excluding carboxylic acids is 2. The number of fused-ring (bicyclic) bond motifs is 1. The standard InChI is InChI=1S/C37H34N4O4S/c1-24-34-14-6-7-15-35(34)37(22-36(24)26(3)40-45-28(5)43)41(31-18-16-29(17-19-31)25(2)39-44-27(4)42)32-12-10-13-33(21-32)46-23-30-11-8-9-20-38-30/h6-22H,23H2,1-5H3/b39-25-,40-26-. The van der Waals surface area contributed by atoms with E-state index in [1.165, 1.54) is 13.8 Å². The Hall–Kier alpha value is -5.28. The summed E-state index contributed by atoms with van der Waals surface area (Å²) in [7, 11) is 0. The van der Waals surface area contributed by atoms with Crippen LogP contribution in [-0.2, 0) is 25.0 Å². The van der Waals surface area contributed by atoms with E-state index >= 15 is 0 Å². The van der Waals surface area contributed by atoms with E-state index in [0.29, 0.717) is 11.4 Å². The van der Waals surface area contributed by atoms with Crippen LogP contribution in [0.15, 0.2) is 118 Å². The van der Waals surface area contributed by atoms with E-state index in [-0.39, 0.29) is 0 Å². The largest absolute Gasteiger partial charge is 0.331 e. The molecule has 5 aromatic rings. The summed E-state index contributed by atoms with van der Waals surface area (Å²) >= 11 is 1.72. The molecule has 0 saturated heterocycles. The predicted octanol–water partition coefficient (Wildman–Crippen LogP) is 8.88. The molecule has 5 rings (SSSR count). The Labute approximate surface area is 272 Å². The molecule has 0 N–H and O–H groups in total. The number of oxime groups is 2. The van der Waals surface area contributed by atoms with Gasteiger partial charge in [0.1, 0.15) is 0 Å². The van der Waals surface area contributed by atoms with Crippen molar-refractivity contribution in [2.45, 2.75) is 45.3 Å². The highest BCUT2D eigenvalue weighted by atomic mass is 32.2. The molecule has 0 aliphatic rings. The zero-order valence-electron chi connectivity index (χ0n) is 26.4. The molecular weight excluding hydrogens is 596 g/mol. The Bertz CT molecular complexity index is 1940. The van der Waals surface area contributed by atoms with Gasteiger partial charge in [-0.2, -0.15) is 0 Å². The van der Waals surface area contributed by atoms with Crippen molar-refractivity contribution in [2.24, 2.45) is 10.3 Å². The first-order valence-electron chi connectivity index (χ1n) is 14.7. The molecule has 0 bridgehead atoms. The lowest BCUT2D eigenvalue weighted by atomic mass is 9.95. The molecular formula is C37H34N4O4S. The second-order valence-corrected chi connectivity index (χ2v) is 11.7. The maximum absolute atomic E-state index is 11.6. The van der Waals surface area contributed by atoms with Gasteiger partial charge >= 0.3 is 11.9 Å². The SMILES string of the molecule is CC(=O)O/N=C(/C)c1ccc(N(c2cccc(SCc3ccccn3)c2)c2cc(/C(C)=N\OC(C)=O)c(C)c3ccccc23)cc1. The number of anilines is 3. The molecule has 4 aromatic carbocycles. The van der Waals surface area contributed by atoms with Gasteiger partial charge in [-0.15, -0.1) is 11.8 Å². The number of carbonyl (C=O) groups is 2. The predicted molar refractivity (Wildman–Crippen MR) is 185 cm³/mol. The van der Waals surface area contributed by atoms with Crippen LogP contribution in [0.25, 0.3) is 10.8 Å². The number of aromatic nitrogens is 1. The van der Waals surface area contributed by atoms with E-state index in [0.717, 1.165) is 60.9 Å². The summed E-state index contributed by atoms with van der Waals surface area (Å²) < 4.78 is 0. The quantitative estimate of drug-likeness (QED) is 0.0658. The lowest BCUT2D eigenvalue weighted by Gasteiger charge is -2.29. The van der Waals surface area contributed by atoms with Gasteiger partial charge in [0.25, 0.3) is 0 Å². The molecule has 46 heavy (non-hydrogen) atoms. The normalized spacial score (nSPS) is 11.8. The Balaban J connectivity index is 1.66. The fraction of sp³-hybridized carbons (Fsp3) is 0.162. The molecule has 9 heteroatoms. The van der Waals surface area contributed by atoms with Crippen molar-refractivity contribution in [1.29, 1.82) is 0 Å². The summed E-state index contributed by atoms with van der Waals surface area (Å²) in [5.41, 5.74) is 7.69. The third kappa shape index (κ3) is 7.68. The van der Waals surface area contributed by atoms with Crippen LogP contribution in [-0.4, -0.2) is 28.3 Å². The number of aryl methyl sites for hydroxylation is 1. The summed E-state index contributed by atoms with van der Waals surface area (Å²) in [5, 5.41) is 10.2. The molecule has 0 aliphatic heterocycles. The topological polar surface area (TPSA) is 93.5 Å². The number of benzene rings is 4. The molecule has 1 heterocycles. The Kier molecular flexibility index (Phi) is 10.2. The molecule has 0 atom stereocenters. The van der Waals surface area contributed by atoms with Crippen molar-refractivity contribution in [2.75, 3.05) is 4.90 Å². The van der Waals surface area contributed by atoms with Crippen LogP contribution in [0.1, 0.15) is 50.1 Å². The van der Waals surface area contributed by atoms with Crippen LogP contribution in [0.5, 0.6) is 0 Å². The average Bonchev–Trinajstić information content (AvgIpc) is 3.07. The van der Waals surface area contributed by atoms with Crippen molar-refractivity contribution < 1.29 is 19.3 Å². The van der Waals surface area contributed by atoms with Gasteiger partial charge in [-0.3, -0.25) is 4.98 Å². The molecule has 232 valence electrons. The van der Waals surface area contributed by atoms with Crippen LogP contribution >= 0.6 is 11.8 Å². The van der Waals surface area contributed by atoms with Crippen molar-refractivity contribution in [3.63, 3.8) is 0 Å². The molecule has 0 fully saturated rings. The average molecular weight is 631 g/mol. The van der Waals surface area contributed by atoms with E-state index in [1.807, 2.05) is 74.6 Å². The maximum Gasteiger partial charge on any atom is 0.331 e. The van der Waals surface area contributed by atoms with Crippen LogP contribution in [0.3, 0.4) is 0 Å². The van der Waals surface area contributed by atoms with Crippen molar-refractivity contribution in [3.8, 4) is 0 Å². The number of nitrogens with zero attached hydrogens (tertiary/aromatic N) is 4. The van der Waals surface area contributed by atoms with Gasteiger partial charge in [-0.1, -0.05) is 58.8 Å². The lowest BCUT2D eigenvalue weighted by molar-refractivity contribution is -0.141. The fourth-order valence-electron chi connectivity index (χ4n) is 5.06. The van der Waals surface area contributed by atoms with E-state index in [9.17, 15) is 9.59 Å². The first-order valence-corrected chi connectivity index (χ1v) is 15.7. The molecule has 0 amide bonds. The highest BCUT2D eigenvalue weighted by Gasteiger charge is 2.20. The maximum atomic E-state index is 11.6. The van der Waals surface area contributed by atoms with Crippen LogP contribution in [0.4, 0.5) is 17.1 Å². The molecule has 0 aliphatic carbocycles. The minimum absolute atomic E-state index is 0.475. The fourth-order valence-corrected chi connectivity index (χ4v) is 5.93. The summed E-state index contributed by atoms with van der Waals surface area (Å²) in [5.74, 6) is -0.214. The molecule has 1 aromatic heterocycles. The van der Waals surface area contributed by atoms with Gasteiger partial charge in [-0.05, 0) is 85.8 Å². The molecule has 0 saturated carbocycles. The van der Waals surface area contributed by atoms with E-state index in [4.69, 9.17) is 9.68 Å². The molecule has 0 radical (unpaired) electrons. The van der Waals surface area contributed by atoms with E-state index in [2.05, 4.69) is 62.7 Å². The molecule has 0 unspecified atom stereocenters. The number of pyridine rings is 1. The zero-order valence-corrected chi connectivity index (χ0v) is 27.2. The second kappa shape index (κ2) is 14.7. The monoisotopic (exact) mass is 630 g/mol. The van der Waals surface area contributed by atoms with E-state index < -0.39 is 11.9 Å². The molecule has 0 spiro atoms. The summed E-state index contributed by atoms with van der Waals surface area (Å²) in [6, 6.07) is 32.6. The van der Waals surface area contributed by atoms with Gasteiger partial charge in [0.15, 0.2) is 0 Å². The minimum Gasteiger partial charge on any atom is -0.318 e. The smallest absolute Gasteiger partial charge is 0.318 e. The van der Waals surface area contributed by atoms with Crippen LogP contribution in [0.2, 0.25) is 0 Å². The summed E-state index contributed by atoms with van der Waals surface area (Å²) in [6.45, 7) is 8.33. The van der Waals surface area contributed by atoms with Crippen LogP contribution in [0, 0.1) is 6.92 Å². The van der Waals surface area contributed by atoms with Crippen molar-refractivity contribution >= 4 is 63.0 Å². The Morgan fingerprint density at radius 2 is 1.41 bits per heavy atom. The van der Waals surface area contributed by atoms with E-state index in [1.54, 1.807) is 18.7 Å². The summed E-state index contributed by atoms with van der Waals surface area (Å²) in [4.78, 5) is 40.5. The number of thioether (sulfide) groups is 1. The summed E-state index contributed by atoms with van der Waals surface area (Å²) in [6.07, 6.45) is 1.81. The number of hydrogen-bond acceptors (Lipinski definition) is 9. The first kappa shape index (κ1) is 32.1. The van der Waals surface area contributed by atoms with Gasteiger partial charge in [0.2, 0.25) is 0 Å². The number of rotatable bonds is 10. The third-order valence-electron chi connectivity index (χ3n) is 7.28. The highest BCUT2D eigenvalue weighted by Crippen LogP contribution is 2.42. The van der Waals surface area contributed by atoms with Crippen LogP contribution < -0.4 is 4.90 Å². The lowest BCUT2D eigenvalue weighted by Crippen LogP contribution is -2.13. The van der Waals surface area contributed by atoms with Gasteiger partial charge < -0.3 is 14.6 Å². The zero-order chi connectivity index (χ0) is 32.6. The van der Waals surface area contributed by atoms with Gasteiger partial charge in [-0.25, -0.2) is 9.59 Å². The number of hydrogen-bond donors (Lipinski definition) is 0. The molecule has 8 nitrogen and oxygen atoms in total. The van der Waals surface area contributed by atoms with Crippen molar-refractivity contribution in [1.82, 2.24) is 4.98 Å². The Morgan fingerprint density at radius 3 is 2.09 bits per heavy atom. The van der Waals surface area contributed by atoms with Gasteiger partial charge in [0, 0.05) is 53.0 Å².